The number of hydrogen-bond donors (Lipinski definition) is 1. The summed E-state index contributed by atoms with van der Waals surface area (Å²) in [5, 5.41) is 4.02. The van der Waals surface area contributed by atoms with Gasteiger partial charge in [0.05, 0.1) is 13.0 Å². The number of hydrogen-bond acceptors (Lipinski definition) is 3. The number of piperidine rings is 1. The van der Waals surface area contributed by atoms with Crippen LogP contribution in [0.4, 0.5) is 0 Å². The van der Waals surface area contributed by atoms with Crippen molar-refractivity contribution >= 4 is 17.6 Å². The van der Waals surface area contributed by atoms with Gasteiger partial charge in [-0.05, 0) is 30.7 Å². The van der Waals surface area contributed by atoms with Crippen LogP contribution in [0.25, 0.3) is 0 Å². The van der Waals surface area contributed by atoms with Crippen molar-refractivity contribution < 1.29 is 9.53 Å². The first-order valence-electron chi connectivity index (χ1n) is 5.76. The first-order chi connectivity index (χ1) is 8.22. The summed E-state index contributed by atoms with van der Waals surface area (Å²) in [4.78, 5) is 11.8. The molecule has 1 N–H and O–H groups in total. The molecule has 1 aromatic rings. The average molecular weight is 254 g/mol. The normalized spacial score (nSPS) is 24.4. The molecule has 0 amide bonds. The first-order valence-corrected chi connectivity index (χ1v) is 6.14. The van der Waals surface area contributed by atoms with Crippen LogP contribution in [0.1, 0.15) is 17.9 Å². The average Bonchev–Trinajstić information content (AvgIpc) is 2.38. The number of carbonyl (C=O) groups is 1. The van der Waals surface area contributed by atoms with E-state index in [4.69, 9.17) is 16.3 Å². The minimum Gasteiger partial charge on any atom is -0.469 e. The SMILES string of the molecule is COC(=O)C1CCNCC1c1cccc(Cl)c1. The van der Waals surface area contributed by atoms with E-state index in [1.165, 1.54) is 7.11 Å². The number of carbonyl (C=O) groups excluding carboxylic acids is 1. The Balaban J connectivity index is 2.24. The maximum atomic E-state index is 11.8. The smallest absolute Gasteiger partial charge is 0.309 e. The summed E-state index contributed by atoms with van der Waals surface area (Å²) in [5.41, 5.74) is 1.10. The van der Waals surface area contributed by atoms with Gasteiger partial charge in [-0.3, -0.25) is 4.79 Å². The maximum absolute atomic E-state index is 11.8. The van der Waals surface area contributed by atoms with Crippen LogP contribution in [0.2, 0.25) is 5.02 Å². The molecule has 1 aromatic carbocycles. The van der Waals surface area contributed by atoms with Gasteiger partial charge < -0.3 is 10.1 Å². The molecule has 1 fully saturated rings. The first kappa shape index (κ1) is 12.4. The minimum atomic E-state index is -0.128. The van der Waals surface area contributed by atoms with E-state index >= 15 is 0 Å². The van der Waals surface area contributed by atoms with E-state index in [-0.39, 0.29) is 17.8 Å². The van der Waals surface area contributed by atoms with Crippen molar-refractivity contribution in [1.29, 1.82) is 0 Å². The Morgan fingerprint density at radius 2 is 2.35 bits per heavy atom. The molecule has 0 aliphatic carbocycles. The van der Waals surface area contributed by atoms with E-state index in [1.807, 2.05) is 24.3 Å². The van der Waals surface area contributed by atoms with Gasteiger partial charge in [-0.1, -0.05) is 23.7 Å². The van der Waals surface area contributed by atoms with Crippen LogP contribution in [0, 0.1) is 5.92 Å². The van der Waals surface area contributed by atoms with Gasteiger partial charge in [-0.15, -0.1) is 0 Å². The van der Waals surface area contributed by atoms with Crippen molar-refractivity contribution in [2.24, 2.45) is 5.92 Å². The molecule has 17 heavy (non-hydrogen) atoms. The van der Waals surface area contributed by atoms with Crippen molar-refractivity contribution in [2.45, 2.75) is 12.3 Å². The van der Waals surface area contributed by atoms with Gasteiger partial charge in [0.1, 0.15) is 0 Å². The zero-order valence-corrected chi connectivity index (χ0v) is 10.5. The molecule has 2 unspecified atom stereocenters. The Morgan fingerprint density at radius 3 is 3.06 bits per heavy atom. The summed E-state index contributed by atoms with van der Waals surface area (Å²) in [5.74, 6) is -0.0499. The molecule has 0 saturated carbocycles. The predicted octanol–water partition coefficient (Wildman–Crippen LogP) is 2.21. The third kappa shape index (κ3) is 2.79. The molecule has 0 aromatic heterocycles. The van der Waals surface area contributed by atoms with Crippen molar-refractivity contribution in [2.75, 3.05) is 20.2 Å². The second-order valence-electron chi connectivity index (χ2n) is 4.28. The molecule has 0 spiro atoms. The highest BCUT2D eigenvalue weighted by molar-refractivity contribution is 6.30. The van der Waals surface area contributed by atoms with Crippen molar-refractivity contribution in [1.82, 2.24) is 5.32 Å². The Kier molecular flexibility index (Phi) is 4.02. The number of benzene rings is 1. The molecule has 1 heterocycles. The molecular weight excluding hydrogens is 238 g/mol. The standard InChI is InChI=1S/C13H16ClNO2/c1-17-13(16)11-5-6-15-8-12(11)9-3-2-4-10(14)7-9/h2-4,7,11-12,15H,5-6,8H2,1H3. The number of nitrogens with one attached hydrogen (secondary N) is 1. The van der Waals surface area contributed by atoms with Crippen LogP contribution in [0.5, 0.6) is 0 Å². The Morgan fingerprint density at radius 1 is 1.53 bits per heavy atom. The highest BCUT2D eigenvalue weighted by Gasteiger charge is 2.32. The van der Waals surface area contributed by atoms with Gasteiger partial charge in [0, 0.05) is 17.5 Å². The van der Waals surface area contributed by atoms with Gasteiger partial charge in [0.25, 0.3) is 0 Å². The maximum Gasteiger partial charge on any atom is 0.309 e. The fourth-order valence-electron chi connectivity index (χ4n) is 2.38. The number of ether oxygens (including phenoxy) is 1. The highest BCUT2D eigenvalue weighted by Crippen LogP contribution is 2.31. The van der Waals surface area contributed by atoms with Crippen LogP contribution in [-0.2, 0) is 9.53 Å². The van der Waals surface area contributed by atoms with Crippen molar-refractivity contribution in [3.63, 3.8) is 0 Å². The second-order valence-corrected chi connectivity index (χ2v) is 4.72. The summed E-state index contributed by atoms with van der Waals surface area (Å²) in [6.07, 6.45) is 0.809. The van der Waals surface area contributed by atoms with Crippen LogP contribution in [-0.4, -0.2) is 26.2 Å². The molecule has 2 rings (SSSR count). The molecule has 1 saturated heterocycles. The summed E-state index contributed by atoms with van der Waals surface area (Å²) < 4.78 is 4.87. The topological polar surface area (TPSA) is 38.3 Å². The van der Waals surface area contributed by atoms with E-state index in [0.29, 0.717) is 5.02 Å². The van der Waals surface area contributed by atoms with Gasteiger partial charge in [0.15, 0.2) is 0 Å². The Labute approximate surface area is 106 Å². The van der Waals surface area contributed by atoms with Crippen LogP contribution >= 0.6 is 11.6 Å². The summed E-state index contributed by atoms with van der Waals surface area (Å²) in [6.45, 7) is 1.65. The molecule has 0 radical (unpaired) electrons. The minimum absolute atomic E-state index is 0.0697. The summed E-state index contributed by atoms with van der Waals surface area (Å²) in [6, 6.07) is 7.70. The molecule has 92 valence electrons. The zero-order chi connectivity index (χ0) is 12.3. The fraction of sp³-hybridized carbons (Fsp3) is 0.462. The highest BCUT2D eigenvalue weighted by atomic mass is 35.5. The molecule has 2 atom stereocenters. The van der Waals surface area contributed by atoms with E-state index in [1.54, 1.807) is 0 Å². The van der Waals surface area contributed by atoms with E-state index < -0.39 is 0 Å². The van der Waals surface area contributed by atoms with Crippen LogP contribution in [0.15, 0.2) is 24.3 Å². The molecule has 4 heteroatoms. The van der Waals surface area contributed by atoms with E-state index in [0.717, 1.165) is 25.1 Å². The van der Waals surface area contributed by atoms with Crippen LogP contribution < -0.4 is 5.32 Å². The molecule has 0 bridgehead atoms. The van der Waals surface area contributed by atoms with Crippen molar-refractivity contribution in [3.05, 3.63) is 34.9 Å². The quantitative estimate of drug-likeness (QED) is 0.822. The third-order valence-corrected chi connectivity index (χ3v) is 3.50. The Bertz CT molecular complexity index is 408. The van der Waals surface area contributed by atoms with Gasteiger partial charge in [-0.25, -0.2) is 0 Å². The predicted molar refractivity (Wildman–Crippen MR) is 67.2 cm³/mol. The van der Waals surface area contributed by atoms with Gasteiger partial charge in [-0.2, -0.15) is 0 Å². The lowest BCUT2D eigenvalue weighted by Crippen LogP contribution is -2.39. The lowest BCUT2D eigenvalue weighted by atomic mass is 9.81. The summed E-state index contributed by atoms with van der Waals surface area (Å²) in [7, 11) is 1.44. The van der Waals surface area contributed by atoms with Gasteiger partial charge >= 0.3 is 5.97 Å². The molecule has 1 aliphatic rings. The number of rotatable bonds is 2. The number of methoxy groups -OCH3 is 1. The van der Waals surface area contributed by atoms with Crippen LogP contribution in [0.3, 0.4) is 0 Å². The largest absolute Gasteiger partial charge is 0.469 e. The molecular formula is C13H16ClNO2. The van der Waals surface area contributed by atoms with E-state index in [9.17, 15) is 4.79 Å². The Hall–Kier alpha value is -1.06. The monoisotopic (exact) mass is 253 g/mol. The zero-order valence-electron chi connectivity index (χ0n) is 9.78. The van der Waals surface area contributed by atoms with E-state index in [2.05, 4.69) is 5.32 Å². The molecule has 3 nitrogen and oxygen atoms in total. The van der Waals surface area contributed by atoms with Gasteiger partial charge in [0.2, 0.25) is 0 Å². The number of halogens is 1. The fourth-order valence-corrected chi connectivity index (χ4v) is 2.58. The third-order valence-electron chi connectivity index (χ3n) is 3.26. The molecule has 1 aliphatic heterocycles. The lowest BCUT2D eigenvalue weighted by Gasteiger charge is -2.30. The number of esters is 1. The van der Waals surface area contributed by atoms with Crippen molar-refractivity contribution in [3.8, 4) is 0 Å². The second kappa shape index (κ2) is 5.52. The lowest BCUT2D eigenvalue weighted by molar-refractivity contribution is -0.147. The summed E-state index contributed by atoms with van der Waals surface area (Å²) >= 11 is 5.99.